The average molecular weight is 371 g/mol. The summed E-state index contributed by atoms with van der Waals surface area (Å²) in [5.74, 6) is 0.231. The fraction of sp³-hybridized carbons (Fsp3) is 0.524. The zero-order valence-electron chi connectivity index (χ0n) is 14.9. The minimum atomic E-state index is -0.00282. The molecule has 1 aromatic rings. The largest absolute Gasteiger partial charge is 0.353 e. The zero-order valence-corrected chi connectivity index (χ0v) is 15.8. The molecule has 3 atom stereocenters. The van der Waals surface area contributed by atoms with E-state index in [0.717, 1.165) is 42.6 Å². The molecule has 2 aliphatic carbocycles. The van der Waals surface area contributed by atoms with Crippen molar-refractivity contribution in [2.45, 2.75) is 62.3 Å². The van der Waals surface area contributed by atoms with Gasteiger partial charge >= 0.3 is 0 Å². The van der Waals surface area contributed by atoms with Crippen LogP contribution in [0.25, 0.3) is 6.08 Å². The van der Waals surface area contributed by atoms with Gasteiger partial charge in [0.2, 0.25) is 5.91 Å². The number of amides is 2. The maximum Gasteiger partial charge on any atom is 0.257 e. The summed E-state index contributed by atoms with van der Waals surface area (Å²) in [4.78, 5) is 25.9. The highest BCUT2D eigenvalue weighted by molar-refractivity contribution is 8.04. The number of hydrogen-bond acceptors (Lipinski definition) is 3. The highest BCUT2D eigenvalue weighted by atomic mass is 32.2. The van der Waals surface area contributed by atoms with Gasteiger partial charge in [-0.25, -0.2) is 0 Å². The van der Waals surface area contributed by atoms with E-state index in [2.05, 4.69) is 10.6 Å². The van der Waals surface area contributed by atoms with Gasteiger partial charge in [0.05, 0.1) is 4.91 Å². The Labute approximate surface area is 159 Å². The fourth-order valence-electron chi connectivity index (χ4n) is 4.32. The number of carbonyl (C=O) groups is 2. The molecule has 2 amide bonds. The number of rotatable bonds is 3. The number of hydrogen-bond donors (Lipinski definition) is 2. The molecule has 26 heavy (non-hydrogen) atoms. The highest BCUT2D eigenvalue weighted by Gasteiger charge is 2.39. The normalized spacial score (nSPS) is 30.7. The molecule has 4 nitrogen and oxygen atoms in total. The van der Waals surface area contributed by atoms with Gasteiger partial charge in [-0.15, -0.1) is 11.8 Å². The summed E-state index contributed by atoms with van der Waals surface area (Å²) in [6, 6.07) is 10.4. The summed E-state index contributed by atoms with van der Waals surface area (Å²) >= 11 is 1.68. The van der Waals surface area contributed by atoms with E-state index in [1.54, 1.807) is 11.8 Å². The molecule has 0 radical (unpaired) electrons. The van der Waals surface area contributed by atoms with Crippen LogP contribution in [0.15, 0.2) is 35.2 Å². The molecule has 0 aromatic heterocycles. The predicted molar refractivity (Wildman–Crippen MR) is 105 cm³/mol. The summed E-state index contributed by atoms with van der Waals surface area (Å²) in [5, 5.41) is 6.76. The van der Waals surface area contributed by atoms with Crippen molar-refractivity contribution >= 4 is 29.7 Å². The van der Waals surface area contributed by atoms with Crippen molar-refractivity contribution in [1.82, 2.24) is 10.6 Å². The van der Waals surface area contributed by atoms with Crippen LogP contribution in [0, 0.1) is 5.92 Å². The quantitative estimate of drug-likeness (QED) is 0.801. The minimum absolute atomic E-state index is 0.00282. The highest BCUT2D eigenvalue weighted by Crippen LogP contribution is 2.40. The third-order valence-electron chi connectivity index (χ3n) is 5.78. The number of nitrogens with one attached hydrogen (secondary N) is 2. The zero-order chi connectivity index (χ0) is 17.9. The molecule has 4 rings (SSSR count). The van der Waals surface area contributed by atoms with Crippen LogP contribution in [0.2, 0.25) is 0 Å². The summed E-state index contributed by atoms with van der Waals surface area (Å²) in [6.45, 7) is 0. The molecular weight excluding hydrogens is 344 g/mol. The van der Waals surface area contributed by atoms with Gasteiger partial charge < -0.3 is 10.6 Å². The Morgan fingerprint density at radius 2 is 1.88 bits per heavy atom. The Hall–Kier alpha value is -1.75. The second-order valence-electron chi connectivity index (χ2n) is 7.66. The molecule has 3 aliphatic rings. The maximum atomic E-state index is 12.6. The van der Waals surface area contributed by atoms with Gasteiger partial charge in [-0.05, 0) is 43.7 Å². The molecule has 0 bridgehead atoms. The summed E-state index contributed by atoms with van der Waals surface area (Å²) in [7, 11) is 0. The Morgan fingerprint density at radius 1 is 1.12 bits per heavy atom. The van der Waals surface area contributed by atoms with Crippen molar-refractivity contribution in [1.29, 1.82) is 0 Å². The molecule has 2 N–H and O–H groups in total. The lowest BCUT2D eigenvalue weighted by atomic mass is 9.84. The van der Waals surface area contributed by atoms with Crippen molar-refractivity contribution in [2.24, 2.45) is 5.92 Å². The van der Waals surface area contributed by atoms with Gasteiger partial charge in [0.25, 0.3) is 5.91 Å². The van der Waals surface area contributed by atoms with Gasteiger partial charge in [-0.2, -0.15) is 0 Å². The Morgan fingerprint density at radius 3 is 2.65 bits per heavy atom. The second-order valence-corrected chi connectivity index (χ2v) is 8.94. The number of carbonyl (C=O) groups excluding carboxylic acids is 2. The third-order valence-corrected chi connectivity index (χ3v) is 7.20. The first-order valence-electron chi connectivity index (χ1n) is 9.73. The van der Waals surface area contributed by atoms with Crippen molar-refractivity contribution < 1.29 is 9.59 Å². The van der Waals surface area contributed by atoms with Crippen molar-refractivity contribution in [3.63, 3.8) is 0 Å². The SMILES string of the molecule is O=C1NC2CC(C(=O)NC3CCCC3)CCC2S/C1=C\c1ccccc1. The Balaban J connectivity index is 1.37. The summed E-state index contributed by atoms with van der Waals surface area (Å²) in [5.41, 5.74) is 1.05. The topological polar surface area (TPSA) is 58.2 Å². The summed E-state index contributed by atoms with van der Waals surface area (Å²) in [6.07, 6.45) is 9.31. The van der Waals surface area contributed by atoms with Crippen LogP contribution in [-0.4, -0.2) is 29.1 Å². The van der Waals surface area contributed by atoms with Crippen LogP contribution in [0.3, 0.4) is 0 Å². The van der Waals surface area contributed by atoms with E-state index in [1.165, 1.54) is 12.8 Å². The Bertz CT molecular complexity index is 697. The van der Waals surface area contributed by atoms with Crippen molar-refractivity contribution in [2.75, 3.05) is 0 Å². The molecule has 1 saturated heterocycles. The molecule has 2 saturated carbocycles. The minimum Gasteiger partial charge on any atom is -0.353 e. The van der Waals surface area contributed by atoms with E-state index >= 15 is 0 Å². The van der Waals surface area contributed by atoms with E-state index in [9.17, 15) is 9.59 Å². The van der Waals surface area contributed by atoms with Crippen LogP contribution in [-0.2, 0) is 9.59 Å². The molecule has 1 heterocycles. The van der Waals surface area contributed by atoms with E-state index in [1.807, 2.05) is 36.4 Å². The summed E-state index contributed by atoms with van der Waals surface area (Å²) < 4.78 is 0. The molecule has 0 spiro atoms. The first-order valence-corrected chi connectivity index (χ1v) is 10.6. The lowest BCUT2D eigenvalue weighted by molar-refractivity contribution is -0.127. The predicted octanol–water partition coefficient (Wildman–Crippen LogP) is 3.49. The fourth-order valence-corrected chi connectivity index (χ4v) is 5.61. The van der Waals surface area contributed by atoms with Gasteiger partial charge in [-0.1, -0.05) is 43.2 Å². The van der Waals surface area contributed by atoms with E-state index in [-0.39, 0.29) is 23.8 Å². The monoisotopic (exact) mass is 370 g/mol. The van der Waals surface area contributed by atoms with E-state index in [4.69, 9.17) is 0 Å². The number of thioether (sulfide) groups is 1. The molecule has 1 aliphatic heterocycles. The molecule has 1 aromatic carbocycles. The van der Waals surface area contributed by atoms with Crippen molar-refractivity contribution in [3.8, 4) is 0 Å². The molecule has 5 heteroatoms. The first-order chi connectivity index (χ1) is 12.7. The van der Waals surface area contributed by atoms with Crippen LogP contribution < -0.4 is 10.6 Å². The smallest absolute Gasteiger partial charge is 0.257 e. The standard InChI is InChI=1S/C21H26N2O2S/c24-20(22-16-8-4-5-9-16)15-10-11-18-17(13-15)23-21(25)19(26-18)12-14-6-2-1-3-7-14/h1-3,6-7,12,15-18H,4-5,8-11,13H2,(H,22,24)(H,23,25)/b19-12-. The lowest BCUT2D eigenvalue weighted by Gasteiger charge is -2.39. The number of benzene rings is 1. The van der Waals surface area contributed by atoms with Crippen LogP contribution >= 0.6 is 11.8 Å². The van der Waals surface area contributed by atoms with Crippen LogP contribution in [0.4, 0.5) is 0 Å². The van der Waals surface area contributed by atoms with Crippen LogP contribution in [0.5, 0.6) is 0 Å². The number of fused-ring (bicyclic) bond motifs is 1. The van der Waals surface area contributed by atoms with E-state index in [0.29, 0.717) is 11.3 Å². The lowest BCUT2D eigenvalue weighted by Crippen LogP contribution is -2.52. The third kappa shape index (κ3) is 3.98. The molecular formula is C21H26N2O2S. The van der Waals surface area contributed by atoms with Gasteiger partial charge in [0, 0.05) is 23.3 Å². The maximum absolute atomic E-state index is 12.6. The Kier molecular flexibility index (Phi) is 5.34. The molecule has 138 valence electrons. The van der Waals surface area contributed by atoms with Gasteiger partial charge in [-0.3, -0.25) is 9.59 Å². The molecule has 3 fully saturated rings. The average Bonchev–Trinajstić information content (AvgIpc) is 3.16. The first kappa shape index (κ1) is 17.7. The van der Waals surface area contributed by atoms with Crippen molar-refractivity contribution in [3.05, 3.63) is 40.8 Å². The van der Waals surface area contributed by atoms with Crippen LogP contribution in [0.1, 0.15) is 50.5 Å². The van der Waals surface area contributed by atoms with E-state index < -0.39 is 0 Å². The molecule has 3 unspecified atom stereocenters. The van der Waals surface area contributed by atoms with Gasteiger partial charge in [0.1, 0.15) is 0 Å². The second kappa shape index (κ2) is 7.87. The van der Waals surface area contributed by atoms with Gasteiger partial charge in [0.15, 0.2) is 0 Å².